The van der Waals surface area contributed by atoms with E-state index in [1.54, 1.807) is 0 Å². The Labute approximate surface area is 167 Å². The number of hydrogen-bond acceptors (Lipinski definition) is 5. The molecule has 0 unspecified atom stereocenters. The quantitative estimate of drug-likeness (QED) is 0.690. The summed E-state index contributed by atoms with van der Waals surface area (Å²) >= 11 is 0. The highest BCUT2D eigenvalue weighted by Crippen LogP contribution is 2.28. The lowest BCUT2D eigenvalue weighted by atomic mass is 9.96. The van der Waals surface area contributed by atoms with Gasteiger partial charge in [-0.15, -0.1) is 0 Å². The van der Waals surface area contributed by atoms with Crippen LogP contribution in [-0.4, -0.2) is 42.0 Å². The molecule has 1 aliphatic heterocycles. The minimum atomic E-state index is -0.551. The predicted octanol–water partition coefficient (Wildman–Crippen LogP) is 3.16. The van der Waals surface area contributed by atoms with Crippen LogP contribution in [0.15, 0.2) is 48.5 Å². The van der Waals surface area contributed by atoms with Crippen LogP contribution in [0.3, 0.4) is 0 Å². The molecule has 148 valence electrons. The van der Waals surface area contributed by atoms with E-state index in [0.717, 1.165) is 29.7 Å². The van der Waals surface area contributed by atoms with Crippen LogP contribution < -0.4 is 5.32 Å². The summed E-state index contributed by atoms with van der Waals surface area (Å²) < 4.78 is 18.3. The number of nitrogens with one attached hydrogen (secondary N) is 1. The maximum atomic E-state index is 13.0. The summed E-state index contributed by atoms with van der Waals surface area (Å²) in [6.07, 6.45) is 0.752. The third-order valence-corrected chi connectivity index (χ3v) is 4.90. The molecule has 0 saturated carbocycles. The third-order valence-electron chi connectivity index (χ3n) is 4.90. The molecular weight excluding hydrogens is 373 g/mol. The van der Waals surface area contributed by atoms with E-state index in [9.17, 15) is 14.0 Å². The van der Waals surface area contributed by atoms with Crippen LogP contribution in [0.25, 0.3) is 10.9 Å². The Morgan fingerprint density at radius 3 is 2.72 bits per heavy atom. The molecular formula is C22H20FN3O3. The average molecular weight is 393 g/mol. The minimum absolute atomic E-state index is 0.395. The van der Waals surface area contributed by atoms with Crippen molar-refractivity contribution in [1.82, 2.24) is 9.88 Å². The number of ether oxygens (including phenoxy) is 1. The van der Waals surface area contributed by atoms with Gasteiger partial charge in [0.1, 0.15) is 5.82 Å². The van der Waals surface area contributed by atoms with Crippen LogP contribution in [0.5, 0.6) is 0 Å². The molecule has 0 bridgehead atoms. The highest BCUT2D eigenvalue weighted by atomic mass is 19.1. The zero-order valence-electron chi connectivity index (χ0n) is 15.9. The summed E-state index contributed by atoms with van der Waals surface area (Å²) in [5.41, 5.74) is 3.37. The van der Waals surface area contributed by atoms with Crippen molar-refractivity contribution in [2.24, 2.45) is 0 Å². The number of likely N-dealkylation sites (N-methyl/N-ethyl adjacent to an activating group) is 1. The normalized spacial score (nSPS) is 13.7. The fraction of sp³-hybridized carbons (Fsp3) is 0.227. The number of halogens is 1. The highest BCUT2D eigenvalue weighted by Gasteiger charge is 2.25. The molecule has 0 saturated heterocycles. The van der Waals surface area contributed by atoms with Crippen LogP contribution >= 0.6 is 0 Å². The second-order valence-corrected chi connectivity index (χ2v) is 7.05. The molecule has 1 aromatic heterocycles. The molecule has 1 amide bonds. The summed E-state index contributed by atoms with van der Waals surface area (Å²) in [6, 6.07) is 12.8. The van der Waals surface area contributed by atoms with E-state index in [0.29, 0.717) is 23.2 Å². The number of carbonyl (C=O) groups excluding carboxylic acids is 2. The fourth-order valence-corrected chi connectivity index (χ4v) is 3.49. The topological polar surface area (TPSA) is 71.5 Å². The number of para-hydroxylation sites is 1. The lowest BCUT2D eigenvalue weighted by Gasteiger charge is -2.26. The predicted molar refractivity (Wildman–Crippen MR) is 107 cm³/mol. The molecule has 1 N–H and O–H groups in total. The van der Waals surface area contributed by atoms with E-state index in [2.05, 4.69) is 10.2 Å². The molecule has 0 radical (unpaired) electrons. The van der Waals surface area contributed by atoms with Crippen molar-refractivity contribution in [3.05, 3.63) is 71.2 Å². The van der Waals surface area contributed by atoms with Gasteiger partial charge >= 0.3 is 5.97 Å². The Hall–Kier alpha value is -3.32. The van der Waals surface area contributed by atoms with Crippen LogP contribution in [0.2, 0.25) is 0 Å². The third kappa shape index (κ3) is 4.09. The molecule has 6 nitrogen and oxygen atoms in total. The largest absolute Gasteiger partial charge is 0.452 e. The number of esters is 1. The fourth-order valence-electron chi connectivity index (χ4n) is 3.49. The van der Waals surface area contributed by atoms with E-state index in [4.69, 9.17) is 9.72 Å². The molecule has 2 heterocycles. The number of anilines is 1. The number of aromatic nitrogens is 1. The van der Waals surface area contributed by atoms with Gasteiger partial charge in [0, 0.05) is 41.8 Å². The van der Waals surface area contributed by atoms with Crippen molar-refractivity contribution in [2.75, 3.05) is 25.5 Å². The Balaban J connectivity index is 1.55. The lowest BCUT2D eigenvalue weighted by Crippen LogP contribution is -2.30. The lowest BCUT2D eigenvalue weighted by molar-refractivity contribution is -0.119. The van der Waals surface area contributed by atoms with Gasteiger partial charge in [-0.2, -0.15) is 0 Å². The number of amides is 1. The van der Waals surface area contributed by atoms with Gasteiger partial charge in [-0.25, -0.2) is 9.18 Å². The summed E-state index contributed by atoms with van der Waals surface area (Å²) in [6.45, 7) is 1.03. The summed E-state index contributed by atoms with van der Waals surface area (Å²) in [4.78, 5) is 31.9. The minimum Gasteiger partial charge on any atom is -0.452 e. The van der Waals surface area contributed by atoms with E-state index in [1.807, 2.05) is 31.3 Å². The van der Waals surface area contributed by atoms with Crippen molar-refractivity contribution < 1.29 is 18.7 Å². The van der Waals surface area contributed by atoms with E-state index in [-0.39, 0.29) is 0 Å². The van der Waals surface area contributed by atoms with Crippen molar-refractivity contribution in [2.45, 2.75) is 13.0 Å². The monoisotopic (exact) mass is 393 g/mol. The van der Waals surface area contributed by atoms with Gasteiger partial charge in [-0.3, -0.25) is 9.78 Å². The molecule has 0 aliphatic carbocycles. The first-order valence-corrected chi connectivity index (χ1v) is 9.33. The van der Waals surface area contributed by atoms with E-state index in [1.165, 1.54) is 24.3 Å². The molecule has 2 aromatic carbocycles. The van der Waals surface area contributed by atoms with Gasteiger partial charge in [0.2, 0.25) is 0 Å². The first-order chi connectivity index (χ1) is 14.0. The molecule has 29 heavy (non-hydrogen) atoms. The molecule has 4 rings (SSSR count). The van der Waals surface area contributed by atoms with Crippen molar-refractivity contribution >= 4 is 28.5 Å². The summed E-state index contributed by atoms with van der Waals surface area (Å²) in [7, 11) is 1.99. The van der Waals surface area contributed by atoms with Gasteiger partial charge in [0.15, 0.2) is 6.61 Å². The zero-order valence-corrected chi connectivity index (χ0v) is 15.9. The Morgan fingerprint density at radius 1 is 1.17 bits per heavy atom. The molecule has 0 spiro atoms. The van der Waals surface area contributed by atoms with Gasteiger partial charge in [0.05, 0.1) is 11.1 Å². The molecule has 7 heteroatoms. The molecule has 0 atom stereocenters. The standard InChI is InChI=1S/C22H20FN3O3/c1-26-11-10-19-17(12-26)21(16-4-2-3-5-18(16)25-19)22(28)29-13-20(27)24-15-8-6-14(23)7-9-15/h2-9H,10-13H2,1H3,(H,24,27). The molecule has 1 aliphatic rings. The van der Waals surface area contributed by atoms with E-state index >= 15 is 0 Å². The number of nitrogens with zero attached hydrogens (tertiary/aromatic N) is 2. The summed E-state index contributed by atoms with van der Waals surface area (Å²) in [5.74, 6) is -1.44. The number of rotatable bonds is 4. The Kier molecular flexibility index (Phi) is 5.22. The first-order valence-electron chi connectivity index (χ1n) is 9.33. The first kappa shape index (κ1) is 19.0. The van der Waals surface area contributed by atoms with Crippen molar-refractivity contribution in [1.29, 1.82) is 0 Å². The van der Waals surface area contributed by atoms with Crippen LogP contribution in [0, 0.1) is 5.82 Å². The number of hydrogen-bond donors (Lipinski definition) is 1. The van der Waals surface area contributed by atoms with Gasteiger partial charge in [0.25, 0.3) is 5.91 Å². The zero-order chi connectivity index (χ0) is 20.4. The average Bonchev–Trinajstić information content (AvgIpc) is 2.72. The second-order valence-electron chi connectivity index (χ2n) is 7.05. The molecule has 0 fully saturated rings. The molecule has 3 aromatic rings. The van der Waals surface area contributed by atoms with Gasteiger partial charge < -0.3 is 15.0 Å². The van der Waals surface area contributed by atoms with E-state index < -0.39 is 24.3 Å². The van der Waals surface area contributed by atoms with Crippen molar-refractivity contribution in [3.63, 3.8) is 0 Å². The van der Waals surface area contributed by atoms with Gasteiger partial charge in [-0.1, -0.05) is 18.2 Å². The van der Waals surface area contributed by atoms with Crippen LogP contribution in [0.1, 0.15) is 21.6 Å². The SMILES string of the molecule is CN1CCc2nc3ccccc3c(C(=O)OCC(=O)Nc3ccc(F)cc3)c2C1. The highest BCUT2D eigenvalue weighted by molar-refractivity contribution is 6.06. The number of benzene rings is 2. The second kappa shape index (κ2) is 7.97. The maximum Gasteiger partial charge on any atom is 0.339 e. The van der Waals surface area contributed by atoms with Crippen molar-refractivity contribution in [3.8, 4) is 0 Å². The maximum absolute atomic E-state index is 13.0. The van der Waals surface area contributed by atoms with Gasteiger partial charge in [-0.05, 0) is 37.4 Å². The van der Waals surface area contributed by atoms with Crippen LogP contribution in [-0.2, 0) is 22.5 Å². The number of pyridine rings is 1. The smallest absolute Gasteiger partial charge is 0.339 e. The number of carbonyl (C=O) groups is 2. The number of fused-ring (bicyclic) bond motifs is 2. The summed E-state index contributed by atoms with van der Waals surface area (Å²) in [5, 5.41) is 3.29. The Morgan fingerprint density at radius 2 is 1.93 bits per heavy atom. The van der Waals surface area contributed by atoms with Crippen LogP contribution in [0.4, 0.5) is 10.1 Å². The Bertz CT molecular complexity index is 1080.